The molecule has 0 atom stereocenters. The van der Waals surface area contributed by atoms with E-state index in [1.807, 2.05) is 6.07 Å². The van der Waals surface area contributed by atoms with Crippen LogP contribution in [-0.2, 0) is 0 Å². The van der Waals surface area contributed by atoms with Crippen LogP contribution in [0.25, 0.3) is 11.2 Å². The van der Waals surface area contributed by atoms with Crippen LogP contribution in [0.3, 0.4) is 0 Å². The second-order valence-electron chi connectivity index (χ2n) is 5.37. The highest BCUT2D eigenvalue weighted by Gasteiger charge is 2.21. The molecule has 0 amide bonds. The molecule has 1 fully saturated rings. The maximum Gasteiger partial charge on any atom is 0.182 e. The van der Waals surface area contributed by atoms with Crippen molar-refractivity contribution in [3.63, 3.8) is 0 Å². The number of anilines is 2. The van der Waals surface area contributed by atoms with Gasteiger partial charge in [0, 0.05) is 35.4 Å². The summed E-state index contributed by atoms with van der Waals surface area (Å²) in [4.78, 5) is 20.6. The summed E-state index contributed by atoms with van der Waals surface area (Å²) in [6.45, 7) is 3.70. The summed E-state index contributed by atoms with van der Waals surface area (Å²) in [6, 6.07) is 6.18. The van der Waals surface area contributed by atoms with E-state index in [9.17, 15) is 0 Å². The van der Waals surface area contributed by atoms with Crippen molar-refractivity contribution in [3.8, 4) is 0 Å². The fourth-order valence-corrected chi connectivity index (χ4v) is 3.47. The number of rotatable bonds is 2. The second kappa shape index (κ2) is 6.12. The highest BCUT2D eigenvalue weighted by Crippen LogP contribution is 2.27. The molecule has 1 saturated heterocycles. The minimum Gasteiger partial charge on any atom is -0.368 e. The number of aromatic amines is 1. The first kappa shape index (κ1) is 14.9. The number of benzene rings is 1. The number of nitrogens with zero attached hydrogens (tertiary/aromatic N) is 5. The fraction of sp³-hybridized carbons (Fsp3) is 0.267. The zero-order chi connectivity index (χ0) is 15.8. The first-order chi connectivity index (χ1) is 11.2. The molecule has 1 aromatic carbocycles. The van der Waals surface area contributed by atoms with E-state index in [1.165, 1.54) is 5.69 Å². The molecule has 23 heavy (non-hydrogen) atoms. The lowest BCUT2D eigenvalue weighted by Gasteiger charge is -2.36. The van der Waals surface area contributed by atoms with Crippen molar-refractivity contribution >= 4 is 56.9 Å². The van der Waals surface area contributed by atoms with Gasteiger partial charge in [0.1, 0.15) is 11.8 Å². The zero-order valence-corrected chi connectivity index (χ0v) is 15.1. The Balaban J connectivity index is 1.52. The van der Waals surface area contributed by atoms with Crippen molar-refractivity contribution in [2.75, 3.05) is 36.0 Å². The molecule has 6 nitrogen and oxygen atoms in total. The Kier molecular flexibility index (Phi) is 3.98. The van der Waals surface area contributed by atoms with Gasteiger partial charge in [0.2, 0.25) is 0 Å². The maximum atomic E-state index is 6.11. The van der Waals surface area contributed by atoms with Crippen LogP contribution in [0.1, 0.15) is 0 Å². The van der Waals surface area contributed by atoms with Crippen molar-refractivity contribution in [1.82, 2.24) is 19.9 Å². The van der Waals surface area contributed by atoms with Crippen LogP contribution in [0.2, 0.25) is 5.02 Å². The van der Waals surface area contributed by atoms with Crippen molar-refractivity contribution < 1.29 is 0 Å². The Hall–Kier alpha value is -1.61. The van der Waals surface area contributed by atoms with Crippen molar-refractivity contribution in [1.29, 1.82) is 0 Å². The minimum atomic E-state index is 0.713. The molecule has 1 aliphatic rings. The van der Waals surface area contributed by atoms with Gasteiger partial charge in [0.15, 0.2) is 11.5 Å². The number of H-pyrrole nitrogens is 1. The molecule has 0 aliphatic carbocycles. The topological polar surface area (TPSA) is 60.9 Å². The molecule has 0 spiro atoms. The summed E-state index contributed by atoms with van der Waals surface area (Å²) >= 11 is 8.38. The Bertz CT molecular complexity index is 843. The molecule has 1 aliphatic heterocycles. The van der Waals surface area contributed by atoms with Crippen LogP contribution in [0.5, 0.6) is 0 Å². The third-order valence-corrected chi connectivity index (χ3v) is 5.59. The fourth-order valence-electron chi connectivity index (χ4n) is 2.85. The Morgan fingerprint density at radius 1 is 1.04 bits per heavy atom. The average Bonchev–Trinajstić information content (AvgIpc) is 3.06. The molecule has 2 aromatic heterocycles. The number of hydrogen-bond acceptors (Lipinski definition) is 5. The van der Waals surface area contributed by atoms with Gasteiger partial charge in [0.05, 0.1) is 11.3 Å². The first-order valence-corrected chi connectivity index (χ1v) is 8.77. The first-order valence-electron chi connectivity index (χ1n) is 7.31. The van der Waals surface area contributed by atoms with Gasteiger partial charge in [-0.05, 0) is 40.8 Å². The summed E-state index contributed by atoms with van der Waals surface area (Å²) in [5.41, 5.74) is 2.83. The molecular formula is C15H14ClIN6. The van der Waals surface area contributed by atoms with Crippen LogP contribution >= 0.6 is 34.2 Å². The van der Waals surface area contributed by atoms with Gasteiger partial charge >= 0.3 is 0 Å². The Labute approximate surface area is 152 Å². The molecule has 3 aromatic rings. The molecule has 0 saturated carbocycles. The van der Waals surface area contributed by atoms with Gasteiger partial charge in [0.25, 0.3) is 0 Å². The maximum absolute atomic E-state index is 6.11. The zero-order valence-electron chi connectivity index (χ0n) is 12.2. The number of halogens is 2. The molecule has 1 N–H and O–H groups in total. The largest absolute Gasteiger partial charge is 0.368 e. The number of nitrogens with one attached hydrogen (secondary N) is 1. The molecule has 0 bridgehead atoms. The Morgan fingerprint density at radius 2 is 1.83 bits per heavy atom. The second-order valence-corrected chi connectivity index (χ2v) is 6.94. The van der Waals surface area contributed by atoms with Gasteiger partial charge in [-0.3, -0.25) is 0 Å². The van der Waals surface area contributed by atoms with E-state index in [-0.39, 0.29) is 0 Å². The van der Waals surface area contributed by atoms with E-state index in [0.29, 0.717) is 5.65 Å². The third kappa shape index (κ3) is 2.83. The van der Waals surface area contributed by atoms with E-state index >= 15 is 0 Å². The number of hydrogen-bond donors (Lipinski definition) is 1. The smallest absolute Gasteiger partial charge is 0.182 e. The molecule has 3 heterocycles. The third-order valence-electron chi connectivity index (χ3n) is 4.05. The van der Waals surface area contributed by atoms with Crippen LogP contribution < -0.4 is 9.80 Å². The van der Waals surface area contributed by atoms with E-state index in [4.69, 9.17) is 11.6 Å². The Morgan fingerprint density at radius 3 is 2.61 bits per heavy atom. The summed E-state index contributed by atoms with van der Waals surface area (Å²) < 4.78 is 1.08. The predicted octanol–water partition coefficient (Wildman–Crippen LogP) is 2.94. The van der Waals surface area contributed by atoms with E-state index in [0.717, 1.165) is 46.1 Å². The monoisotopic (exact) mass is 440 g/mol. The predicted molar refractivity (Wildman–Crippen MR) is 100 cm³/mol. The lowest BCUT2D eigenvalue weighted by atomic mass is 10.2. The highest BCUT2D eigenvalue weighted by atomic mass is 127. The summed E-state index contributed by atoms with van der Waals surface area (Å²) in [6.07, 6.45) is 3.24. The standard InChI is InChI=1S/C15H14ClIN6/c16-11-2-1-10(7-12(11)17)22-3-5-23(6-4-22)15-13-14(19-8-18-13)20-9-21-15/h1-2,7-9H,3-6H2,(H,18,19,20,21). The molecule has 0 radical (unpaired) electrons. The van der Waals surface area contributed by atoms with Gasteiger partial charge in [-0.25, -0.2) is 15.0 Å². The lowest BCUT2D eigenvalue weighted by molar-refractivity contribution is 0.648. The van der Waals surface area contributed by atoms with Crippen molar-refractivity contribution in [3.05, 3.63) is 39.4 Å². The van der Waals surface area contributed by atoms with Gasteiger partial charge in [-0.1, -0.05) is 11.6 Å². The lowest BCUT2D eigenvalue weighted by Crippen LogP contribution is -2.47. The minimum absolute atomic E-state index is 0.713. The summed E-state index contributed by atoms with van der Waals surface area (Å²) in [5.74, 6) is 0.929. The molecule has 4 rings (SSSR count). The van der Waals surface area contributed by atoms with E-state index in [2.05, 4.69) is 64.5 Å². The highest BCUT2D eigenvalue weighted by molar-refractivity contribution is 14.1. The SMILES string of the molecule is Clc1ccc(N2CCN(c3ncnc4nc[nH]c34)CC2)cc1I. The van der Waals surface area contributed by atoms with Crippen molar-refractivity contribution in [2.45, 2.75) is 0 Å². The molecular weight excluding hydrogens is 427 g/mol. The van der Waals surface area contributed by atoms with E-state index in [1.54, 1.807) is 12.7 Å². The van der Waals surface area contributed by atoms with Gasteiger partial charge in [-0.2, -0.15) is 0 Å². The molecule has 0 unspecified atom stereocenters. The summed E-state index contributed by atoms with van der Waals surface area (Å²) in [5, 5.41) is 0.801. The van der Waals surface area contributed by atoms with Crippen LogP contribution in [0.4, 0.5) is 11.5 Å². The molecule has 8 heteroatoms. The van der Waals surface area contributed by atoms with Crippen LogP contribution in [-0.4, -0.2) is 46.1 Å². The summed E-state index contributed by atoms with van der Waals surface area (Å²) in [7, 11) is 0. The number of imidazole rings is 1. The number of aromatic nitrogens is 4. The number of fused-ring (bicyclic) bond motifs is 1. The normalized spacial score (nSPS) is 15.4. The van der Waals surface area contributed by atoms with Gasteiger partial charge in [-0.15, -0.1) is 0 Å². The number of piperazine rings is 1. The van der Waals surface area contributed by atoms with Gasteiger partial charge < -0.3 is 14.8 Å². The van der Waals surface area contributed by atoms with Crippen molar-refractivity contribution in [2.24, 2.45) is 0 Å². The quantitative estimate of drug-likeness (QED) is 0.621. The average molecular weight is 441 g/mol. The molecule has 118 valence electrons. The van der Waals surface area contributed by atoms with Crippen LogP contribution in [0.15, 0.2) is 30.9 Å². The van der Waals surface area contributed by atoms with E-state index < -0.39 is 0 Å². The van der Waals surface area contributed by atoms with Crippen LogP contribution in [0, 0.1) is 3.57 Å².